The molecular formula is C28H25F5N4O4. The SMILES string of the molecule is O=C(O)c1ccc2c(c1)nc(N1CC(OCCCCNCc3cc(F)c(OC(F)(F)F)c(F)c3)C1)c1ccncc12. The summed E-state index contributed by atoms with van der Waals surface area (Å²) < 4.78 is 73.8. The number of aromatic nitrogens is 2. The lowest BCUT2D eigenvalue weighted by Crippen LogP contribution is -2.52. The molecule has 41 heavy (non-hydrogen) atoms. The Hall–Kier alpha value is -4.10. The molecule has 0 saturated carbocycles. The highest BCUT2D eigenvalue weighted by Gasteiger charge is 2.34. The number of anilines is 1. The summed E-state index contributed by atoms with van der Waals surface area (Å²) in [7, 11) is 0. The zero-order chi connectivity index (χ0) is 29.1. The molecule has 0 atom stereocenters. The van der Waals surface area contributed by atoms with Crippen molar-refractivity contribution in [2.45, 2.75) is 31.9 Å². The number of hydrogen-bond acceptors (Lipinski definition) is 7. The van der Waals surface area contributed by atoms with E-state index >= 15 is 0 Å². The van der Waals surface area contributed by atoms with Gasteiger partial charge in [0.2, 0.25) is 5.75 Å². The minimum absolute atomic E-state index is 0.00563. The third-order valence-corrected chi connectivity index (χ3v) is 6.68. The summed E-state index contributed by atoms with van der Waals surface area (Å²) in [4.78, 5) is 22.5. The number of alkyl halides is 3. The third kappa shape index (κ3) is 6.63. The zero-order valence-electron chi connectivity index (χ0n) is 21.5. The summed E-state index contributed by atoms with van der Waals surface area (Å²) >= 11 is 0. The summed E-state index contributed by atoms with van der Waals surface area (Å²) in [5, 5.41) is 15.0. The Morgan fingerprint density at radius 1 is 1.05 bits per heavy atom. The van der Waals surface area contributed by atoms with Crippen molar-refractivity contribution in [2.75, 3.05) is 31.1 Å². The quantitative estimate of drug-likeness (QED) is 0.139. The number of pyridine rings is 2. The molecule has 0 amide bonds. The van der Waals surface area contributed by atoms with E-state index in [1.807, 2.05) is 6.07 Å². The highest BCUT2D eigenvalue weighted by Crippen LogP contribution is 2.34. The van der Waals surface area contributed by atoms with Crippen molar-refractivity contribution >= 4 is 33.5 Å². The molecule has 1 aliphatic rings. The average molecular weight is 577 g/mol. The molecule has 2 aromatic carbocycles. The number of nitrogens with one attached hydrogen (secondary N) is 1. The first-order valence-corrected chi connectivity index (χ1v) is 12.8. The van der Waals surface area contributed by atoms with Crippen LogP contribution < -0.4 is 15.0 Å². The summed E-state index contributed by atoms with van der Waals surface area (Å²) in [5.74, 6) is -4.59. The molecule has 1 saturated heterocycles. The number of benzene rings is 2. The molecule has 4 aromatic rings. The highest BCUT2D eigenvalue weighted by molar-refractivity contribution is 6.11. The van der Waals surface area contributed by atoms with E-state index in [9.17, 15) is 31.9 Å². The van der Waals surface area contributed by atoms with Crippen LogP contribution in [0, 0.1) is 11.6 Å². The second-order valence-electron chi connectivity index (χ2n) is 9.61. The molecule has 0 radical (unpaired) electrons. The van der Waals surface area contributed by atoms with Crippen LogP contribution in [0.25, 0.3) is 21.7 Å². The smallest absolute Gasteiger partial charge is 0.478 e. The fourth-order valence-corrected chi connectivity index (χ4v) is 4.68. The molecule has 8 nitrogen and oxygen atoms in total. The molecule has 2 aromatic heterocycles. The Kier molecular flexibility index (Phi) is 8.18. The van der Waals surface area contributed by atoms with Crippen LogP contribution in [-0.2, 0) is 11.3 Å². The summed E-state index contributed by atoms with van der Waals surface area (Å²) in [6.07, 6.45) is -0.301. The van der Waals surface area contributed by atoms with E-state index < -0.39 is 29.7 Å². The number of carboxylic acids is 1. The Morgan fingerprint density at radius 3 is 2.51 bits per heavy atom. The van der Waals surface area contributed by atoms with Crippen LogP contribution in [0.15, 0.2) is 48.8 Å². The van der Waals surface area contributed by atoms with Crippen LogP contribution in [0.5, 0.6) is 5.75 Å². The van der Waals surface area contributed by atoms with Gasteiger partial charge in [-0.1, -0.05) is 6.07 Å². The van der Waals surface area contributed by atoms with Gasteiger partial charge in [-0.2, -0.15) is 0 Å². The molecule has 1 fully saturated rings. The number of aromatic carboxylic acids is 1. The van der Waals surface area contributed by atoms with Gasteiger partial charge in [-0.05, 0) is 55.3 Å². The van der Waals surface area contributed by atoms with E-state index in [0.29, 0.717) is 38.2 Å². The topological polar surface area (TPSA) is 96.8 Å². The van der Waals surface area contributed by atoms with E-state index in [4.69, 9.17) is 9.72 Å². The lowest BCUT2D eigenvalue weighted by Gasteiger charge is -2.40. The number of unbranched alkanes of at least 4 members (excludes halogenated alkanes) is 1. The third-order valence-electron chi connectivity index (χ3n) is 6.68. The van der Waals surface area contributed by atoms with Gasteiger partial charge < -0.3 is 24.8 Å². The van der Waals surface area contributed by atoms with Gasteiger partial charge in [0.1, 0.15) is 5.82 Å². The molecular weight excluding hydrogens is 551 g/mol. The predicted molar refractivity (Wildman–Crippen MR) is 140 cm³/mol. The maximum atomic E-state index is 13.8. The first-order valence-electron chi connectivity index (χ1n) is 12.8. The number of halogens is 5. The molecule has 0 aliphatic carbocycles. The second kappa shape index (κ2) is 11.8. The van der Waals surface area contributed by atoms with Crippen molar-refractivity contribution in [3.8, 4) is 5.75 Å². The number of ether oxygens (including phenoxy) is 2. The van der Waals surface area contributed by atoms with Gasteiger partial charge in [0.25, 0.3) is 0 Å². The van der Waals surface area contributed by atoms with Crippen LogP contribution in [0.4, 0.5) is 27.8 Å². The van der Waals surface area contributed by atoms with Crippen LogP contribution in [0.1, 0.15) is 28.8 Å². The van der Waals surface area contributed by atoms with Gasteiger partial charge in [-0.15, -0.1) is 13.2 Å². The molecule has 13 heteroatoms. The van der Waals surface area contributed by atoms with E-state index in [2.05, 4.69) is 19.9 Å². The summed E-state index contributed by atoms with van der Waals surface area (Å²) in [6.45, 7) is 2.35. The number of rotatable bonds is 11. The molecule has 1 aliphatic heterocycles. The van der Waals surface area contributed by atoms with Crippen molar-refractivity contribution in [3.05, 3.63) is 71.6 Å². The minimum atomic E-state index is -5.19. The maximum absolute atomic E-state index is 13.8. The first-order chi connectivity index (χ1) is 19.6. The van der Waals surface area contributed by atoms with Gasteiger partial charge in [-0.3, -0.25) is 4.98 Å². The predicted octanol–water partition coefficient (Wildman–Crippen LogP) is 5.43. The number of carboxylic acid groups (broad SMARTS) is 1. The van der Waals surface area contributed by atoms with Gasteiger partial charge in [0.15, 0.2) is 11.6 Å². The number of hydrogen-bond donors (Lipinski definition) is 2. The Labute approximate surface area is 230 Å². The maximum Gasteiger partial charge on any atom is 0.573 e. The van der Waals surface area contributed by atoms with Crippen molar-refractivity contribution in [1.82, 2.24) is 15.3 Å². The van der Waals surface area contributed by atoms with Gasteiger partial charge in [0.05, 0.1) is 17.2 Å². The number of carbonyl (C=O) groups is 1. The summed E-state index contributed by atoms with van der Waals surface area (Å²) in [5.41, 5.74) is 0.893. The Balaban J connectivity index is 1.07. The van der Waals surface area contributed by atoms with Crippen molar-refractivity contribution in [3.63, 3.8) is 0 Å². The molecule has 0 spiro atoms. The van der Waals surface area contributed by atoms with Crippen molar-refractivity contribution < 1.29 is 41.3 Å². The standard InChI is InChI=1S/C28H25F5N4O4/c29-22-9-16(10-23(30)25(22)41-28(31,32)33)12-34-6-1-2-8-40-18-14-37(15-18)26-20-5-7-35-13-21(20)19-4-3-17(27(38)39)11-24(19)36-26/h3-5,7,9-11,13,18,34H,1-2,6,8,12,14-15H2,(H,38,39). The number of nitrogens with zero attached hydrogens (tertiary/aromatic N) is 3. The fourth-order valence-electron chi connectivity index (χ4n) is 4.68. The lowest BCUT2D eigenvalue weighted by molar-refractivity contribution is -0.276. The van der Waals surface area contributed by atoms with Crippen LogP contribution in [0.3, 0.4) is 0 Å². The van der Waals surface area contributed by atoms with Crippen LogP contribution >= 0.6 is 0 Å². The Morgan fingerprint density at radius 2 is 1.80 bits per heavy atom. The molecule has 216 valence electrons. The van der Waals surface area contributed by atoms with E-state index in [0.717, 1.165) is 40.5 Å². The van der Waals surface area contributed by atoms with Gasteiger partial charge >= 0.3 is 12.3 Å². The first kappa shape index (κ1) is 28.4. The van der Waals surface area contributed by atoms with E-state index in [1.54, 1.807) is 30.6 Å². The largest absolute Gasteiger partial charge is 0.573 e. The van der Waals surface area contributed by atoms with Gasteiger partial charge in [-0.25, -0.2) is 18.6 Å². The van der Waals surface area contributed by atoms with Gasteiger partial charge in [0, 0.05) is 54.8 Å². The molecule has 0 unspecified atom stereocenters. The lowest BCUT2D eigenvalue weighted by atomic mass is 10.0. The Bertz CT molecular complexity index is 1550. The minimum Gasteiger partial charge on any atom is -0.478 e. The highest BCUT2D eigenvalue weighted by atomic mass is 19.4. The van der Waals surface area contributed by atoms with E-state index in [1.165, 1.54) is 0 Å². The average Bonchev–Trinajstić information content (AvgIpc) is 2.90. The van der Waals surface area contributed by atoms with E-state index in [-0.39, 0.29) is 23.8 Å². The van der Waals surface area contributed by atoms with Crippen molar-refractivity contribution in [2.24, 2.45) is 0 Å². The van der Waals surface area contributed by atoms with Crippen LogP contribution in [0.2, 0.25) is 0 Å². The fraction of sp³-hybridized carbons (Fsp3) is 0.321. The monoisotopic (exact) mass is 576 g/mol. The second-order valence-corrected chi connectivity index (χ2v) is 9.61. The molecule has 3 heterocycles. The van der Waals surface area contributed by atoms with Crippen molar-refractivity contribution in [1.29, 1.82) is 0 Å². The molecule has 0 bridgehead atoms. The zero-order valence-corrected chi connectivity index (χ0v) is 21.5. The molecule has 5 rings (SSSR count). The number of fused-ring (bicyclic) bond motifs is 3. The summed E-state index contributed by atoms with van der Waals surface area (Å²) in [6, 6.07) is 8.35. The molecule has 2 N–H and O–H groups in total. The normalized spacial score (nSPS) is 14.0. The van der Waals surface area contributed by atoms with Crippen LogP contribution in [-0.4, -0.2) is 59.8 Å².